The zero-order valence-electron chi connectivity index (χ0n) is 7.56. The molecular weight excluding hydrogens is 188 g/mol. The maximum Gasteiger partial charge on any atom is 0.171 e. The quantitative estimate of drug-likeness (QED) is 0.722. The molecule has 2 nitrogen and oxygen atoms in total. The summed E-state index contributed by atoms with van der Waals surface area (Å²) in [5, 5.41) is 12.2. The Morgan fingerprint density at radius 2 is 2.14 bits per heavy atom. The van der Waals surface area contributed by atoms with Crippen LogP contribution in [0.5, 0.6) is 5.75 Å². The second-order valence-corrected chi connectivity index (χ2v) is 3.48. The number of benzene rings is 1. The first kappa shape index (κ1) is 9.40. The fraction of sp³-hybridized carbons (Fsp3) is 0.400. The molecule has 0 radical (unpaired) electrons. The molecule has 0 saturated carbocycles. The van der Waals surface area contributed by atoms with E-state index in [1.165, 1.54) is 0 Å². The van der Waals surface area contributed by atoms with Gasteiger partial charge in [-0.3, -0.25) is 0 Å². The molecule has 1 aliphatic rings. The van der Waals surface area contributed by atoms with Crippen LogP contribution in [0.2, 0.25) is 0 Å². The lowest BCUT2D eigenvalue weighted by atomic mass is 9.97. The van der Waals surface area contributed by atoms with Crippen molar-refractivity contribution in [2.75, 3.05) is 13.1 Å². The average Bonchev–Trinajstić information content (AvgIpc) is 2.65. The average molecular weight is 199 g/mol. The Hall–Kier alpha value is -1.16. The van der Waals surface area contributed by atoms with Gasteiger partial charge in [0.25, 0.3) is 0 Å². The molecule has 0 amide bonds. The monoisotopic (exact) mass is 199 g/mol. The molecule has 0 spiro atoms. The summed E-state index contributed by atoms with van der Waals surface area (Å²) in [5.41, 5.74) is 0.00926. The van der Waals surface area contributed by atoms with Crippen molar-refractivity contribution in [3.63, 3.8) is 0 Å². The van der Waals surface area contributed by atoms with E-state index in [0.717, 1.165) is 18.7 Å². The number of hydrogen-bond donors (Lipinski definition) is 2. The van der Waals surface area contributed by atoms with Crippen LogP contribution >= 0.6 is 0 Å². The molecule has 1 aliphatic heterocycles. The summed E-state index contributed by atoms with van der Waals surface area (Å²) in [6.07, 6.45) is 0.706. The topological polar surface area (TPSA) is 32.3 Å². The highest BCUT2D eigenvalue weighted by atomic mass is 19.1. The standard InChI is InChI=1S/C10H11F2NO/c11-7-1-2-8(14)10(12)9(7)6-3-4-13-5-6/h1-2,6,13-14H,3-5H2. The summed E-state index contributed by atoms with van der Waals surface area (Å²) in [4.78, 5) is 0. The lowest BCUT2D eigenvalue weighted by molar-refractivity contribution is 0.417. The van der Waals surface area contributed by atoms with E-state index < -0.39 is 17.4 Å². The van der Waals surface area contributed by atoms with Gasteiger partial charge in [0.15, 0.2) is 11.6 Å². The molecular formula is C10H11F2NO. The predicted octanol–water partition coefficient (Wildman–Crippen LogP) is 1.75. The van der Waals surface area contributed by atoms with Crippen molar-refractivity contribution in [1.29, 1.82) is 0 Å². The third-order valence-corrected chi connectivity index (χ3v) is 2.57. The Balaban J connectivity index is 2.44. The van der Waals surface area contributed by atoms with Gasteiger partial charge in [0, 0.05) is 18.0 Å². The van der Waals surface area contributed by atoms with Crippen molar-refractivity contribution < 1.29 is 13.9 Å². The second kappa shape index (κ2) is 3.53. The van der Waals surface area contributed by atoms with E-state index in [0.29, 0.717) is 13.0 Å². The maximum absolute atomic E-state index is 13.4. The van der Waals surface area contributed by atoms with Gasteiger partial charge in [0.05, 0.1) is 0 Å². The Morgan fingerprint density at radius 3 is 2.79 bits per heavy atom. The molecule has 1 aromatic carbocycles. The second-order valence-electron chi connectivity index (χ2n) is 3.48. The summed E-state index contributed by atoms with van der Waals surface area (Å²) < 4.78 is 26.7. The summed E-state index contributed by atoms with van der Waals surface area (Å²) >= 11 is 0. The van der Waals surface area contributed by atoms with Gasteiger partial charge in [-0.1, -0.05) is 0 Å². The van der Waals surface area contributed by atoms with Gasteiger partial charge in [0.2, 0.25) is 0 Å². The first-order valence-electron chi connectivity index (χ1n) is 4.57. The fourth-order valence-corrected chi connectivity index (χ4v) is 1.83. The summed E-state index contributed by atoms with van der Waals surface area (Å²) in [6.45, 7) is 1.33. The molecule has 0 aliphatic carbocycles. The van der Waals surface area contributed by atoms with Crippen LogP contribution < -0.4 is 5.32 Å². The van der Waals surface area contributed by atoms with Crippen molar-refractivity contribution in [3.8, 4) is 5.75 Å². The zero-order chi connectivity index (χ0) is 10.1. The van der Waals surface area contributed by atoms with E-state index in [2.05, 4.69) is 5.32 Å². The zero-order valence-corrected chi connectivity index (χ0v) is 7.56. The summed E-state index contributed by atoms with van der Waals surface area (Å²) in [5.74, 6) is -2.04. The van der Waals surface area contributed by atoms with Crippen LogP contribution in [-0.4, -0.2) is 18.2 Å². The van der Waals surface area contributed by atoms with Crippen LogP contribution in [0.15, 0.2) is 12.1 Å². The Kier molecular flexibility index (Phi) is 2.37. The molecule has 1 unspecified atom stereocenters. The molecule has 2 N–H and O–H groups in total. The molecule has 0 bridgehead atoms. The number of rotatable bonds is 1. The predicted molar refractivity (Wildman–Crippen MR) is 48.3 cm³/mol. The Bertz CT molecular complexity index is 348. The Morgan fingerprint density at radius 1 is 1.36 bits per heavy atom. The van der Waals surface area contributed by atoms with Crippen molar-refractivity contribution in [2.24, 2.45) is 0 Å². The molecule has 1 heterocycles. The molecule has 4 heteroatoms. The van der Waals surface area contributed by atoms with Crippen LogP contribution in [0.25, 0.3) is 0 Å². The highest BCUT2D eigenvalue weighted by Gasteiger charge is 2.25. The molecule has 1 fully saturated rings. The van der Waals surface area contributed by atoms with Crippen molar-refractivity contribution >= 4 is 0 Å². The molecule has 76 valence electrons. The number of nitrogens with one attached hydrogen (secondary N) is 1. The third-order valence-electron chi connectivity index (χ3n) is 2.57. The third kappa shape index (κ3) is 1.46. The SMILES string of the molecule is Oc1ccc(F)c(C2CCNC2)c1F. The van der Waals surface area contributed by atoms with Crippen molar-refractivity contribution in [2.45, 2.75) is 12.3 Å². The van der Waals surface area contributed by atoms with Crippen LogP contribution in [0.4, 0.5) is 8.78 Å². The van der Waals surface area contributed by atoms with Gasteiger partial charge in [-0.25, -0.2) is 8.78 Å². The summed E-state index contributed by atoms with van der Waals surface area (Å²) in [6, 6.07) is 2.14. The van der Waals surface area contributed by atoms with Gasteiger partial charge in [-0.05, 0) is 25.1 Å². The largest absolute Gasteiger partial charge is 0.505 e. The number of phenolic OH excluding ortho intramolecular Hbond substituents is 1. The molecule has 14 heavy (non-hydrogen) atoms. The lowest BCUT2D eigenvalue weighted by Crippen LogP contribution is -2.10. The fourth-order valence-electron chi connectivity index (χ4n) is 1.83. The number of halogens is 2. The van der Waals surface area contributed by atoms with E-state index in [1.54, 1.807) is 0 Å². The molecule has 1 aromatic rings. The van der Waals surface area contributed by atoms with Gasteiger partial charge in [-0.2, -0.15) is 0 Å². The van der Waals surface area contributed by atoms with Crippen molar-refractivity contribution in [1.82, 2.24) is 5.32 Å². The van der Waals surface area contributed by atoms with Gasteiger partial charge >= 0.3 is 0 Å². The molecule has 1 saturated heterocycles. The minimum absolute atomic E-state index is 0.00926. The smallest absolute Gasteiger partial charge is 0.171 e. The van der Waals surface area contributed by atoms with E-state index in [9.17, 15) is 8.78 Å². The van der Waals surface area contributed by atoms with Crippen LogP contribution in [0.1, 0.15) is 17.9 Å². The minimum Gasteiger partial charge on any atom is -0.505 e. The minimum atomic E-state index is -0.821. The van der Waals surface area contributed by atoms with E-state index in [-0.39, 0.29) is 11.5 Å². The highest BCUT2D eigenvalue weighted by molar-refractivity contribution is 5.34. The van der Waals surface area contributed by atoms with Crippen molar-refractivity contribution in [3.05, 3.63) is 29.3 Å². The number of aromatic hydroxyl groups is 1. The van der Waals surface area contributed by atoms with Crippen LogP contribution in [-0.2, 0) is 0 Å². The maximum atomic E-state index is 13.4. The van der Waals surface area contributed by atoms with Gasteiger partial charge in [-0.15, -0.1) is 0 Å². The van der Waals surface area contributed by atoms with Gasteiger partial charge < -0.3 is 10.4 Å². The normalized spacial score (nSPS) is 21.4. The van der Waals surface area contributed by atoms with Gasteiger partial charge in [0.1, 0.15) is 5.82 Å². The highest BCUT2D eigenvalue weighted by Crippen LogP contribution is 2.31. The van der Waals surface area contributed by atoms with E-state index in [1.807, 2.05) is 0 Å². The number of hydrogen-bond acceptors (Lipinski definition) is 2. The van der Waals surface area contributed by atoms with E-state index in [4.69, 9.17) is 5.11 Å². The van der Waals surface area contributed by atoms with Crippen LogP contribution in [0, 0.1) is 11.6 Å². The Labute approximate surface area is 80.6 Å². The molecule has 2 rings (SSSR count). The summed E-state index contributed by atoms with van der Waals surface area (Å²) in [7, 11) is 0. The molecule has 1 atom stereocenters. The number of phenols is 1. The first-order chi connectivity index (χ1) is 6.70. The molecule has 0 aromatic heterocycles. The van der Waals surface area contributed by atoms with E-state index >= 15 is 0 Å². The lowest BCUT2D eigenvalue weighted by Gasteiger charge is -2.11. The first-order valence-corrected chi connectivity index (χ1v) is 4.57. The van der Waals surface area contributed by atoms with Crippen LogP contribution in [0.3, 0.4) is 0 Å².